The lowest BCUT2D eigenvalue weighted by molar-refractivity contribution is -0.201. The Hall–Kier alpha value is -6.33. The Bertz CT molecular complexity index is 3100. The normalized spacial score (nSPS) is 25.8. The number of benzene rings is 3. The quantitative estimate of drug-likeness (QED) is 0.0436. The Kier molecular flexibility index (Phi) is 23.8. The van der Waals surface area contributed by atoms with E-state index in [1.54, 1.807) is 24.0 Å². The molecule has 2 amide bonds. The minimum Gasteiger partial charge on any atom is -0.393 e. The van der Waals surface area contributed by atoms with Crippen molar-refractivity contribution in [1.29, 1.82) is 0 Å². The first-order valence-corrected chi connectivity index (χ1v) is 31.5. The first-order chi connectivity index (χ1) is 42.2. The number of ketones is 5. The van der Waals surface area contributed by atoms with Gasteiger partial charge >= 0.3 is 0 Å². The minimum atomic E-state index is -1.36. The number of Topliss-reactive ketones (excluding diaryl/α,β-unsaturated/α-hetero) is 4. The van der Waals surface area contributed by atoms with Crippen molar-refractivity contribution in [2.24, 2.45) is 40.4 Å². The van der Waals surface area contributed by atoms with Gasteiger partial charge in [-0.3, -0.25) is 33.6 Å². The zero-order chi connectivity index (χ0) is 63.2. The third-order valence-corrected chi connectivity index (χ3v) is 18.7. The van der Waals surface area contributed by atoms with Gasteiger partial charge in [-0.2, -0.15) is 0 Å². The summed E-state index contributed by atoms with van der Waals surface area (Å²) in [7, 11) is 0. The van der Waals surface area contributed by atoms with Crippen molar-refractivity contribution in [2.45, 2.75) is 156 Å². The van der Waals surface area contributed by atoms with E-state index >= 15 is 0 Å². The number of ether oxygens (including phenoxy) is 6. The van der Waals surface area contributed by atoms with Gasteiger partial charge in [0.2, 0.25) is 11.8 Å². The van der Waals surface area contributed by atoms with E-state index < -0.39 is 47.3 Å². The largest absolute Gasteiger partial charge is 0.393 e. The number of fused-ring (bicyclic) bond motifs is 9. The van der Waals surface area contributed by atoms with Crippen LogP contribution in [-0.4, -0.2) is 134 Å². The maximum atomic E-state index is 13.6. The average Bonchev–Trinajstić information content (AvgIpc) is 1.47. The number of aliphatic hydroxyl groups is 2. The van der Waals surface area contributed by atoms with Crippen LogP contribution in [0.25, 0.3) is 0 Å². The highest BCUT2D eigenvalue weighted by Crippen LogP contribution is 2.70. The fraction of sp³-hybridized carbons (Fsp3) is 0.563. The van der Waals surface area contributed by atoms with Crippen LogP contribution < -0.4 is 10.2 Å². The number of hydrogen-bond acceptors (Lipinski definition) is 15. The standard InChI is InChI=1S/C40H54N2O8.C31H36O7/c1-30(2)37(40(46)41-31(3)4)28-36(44)19-21-48-23-25-50-27-26-49-24-22-47-20-9-13-35(43)17-18-39(45)42-29-34-12-6-5-10-32(34)15-16-33-11-7-8-14-38(33)42;1-17(33)12-18-4-6-19(7-5-18)28-37-26-14-23-22-9-8-20-13-21(34)10-11-29(20,2)27(22)24(35)15-30(23,3)31(26,38-28)25(36)16-32/h5-8,10-12,14,30-31,37H,9,13,17-29H2,1-4H3,(H,41,46);4-7,10-11,13,22-24,26-28,32,35H,8-9,12,14-16H2,1-3H3/t37-;22-,23-,24-,26+,27+,28+,29-,30-,31+/m01/s1. The topological polar surface area (TPSA) is 231 Å². The molecule has 88 heavy (non-hydrogen) atoms. The smallest absolute Gasteiger partial charge is 0.227 e. The van der Waals surface area contributed by atoms with Crippen molar-refractivity contribution >= 4 is 46.4 Å². The van der Waals surface area contributed by atoms with Gasteiger partial charge in [-0.15, -0.1) is 0 Å². The fourth-order valence-electron chi connectivity index (χ4n) is 14.3. The van der Waals surface area contributed by atoms with Gasteiger partial charge in [-0.05, 0) is 112 Å². The SMILES string of the molecule is CC(=O)Cc1ccc([C@H]2O[C@H]3C[C@@H]4[C@H]5CCC6=CC(=O)C=C[C@@]6(C)[C@@H]5[C@H](O)C[C@@]4(C)[C@@]3(C(=O)CO)O2)cc1.CC(C)NC(=O)[C@@H](CC(=O)CCOCCOCCOCCOCCCC(=O)CCC(=O)N1Cc2ccccc2C#Cc2ccccc21)C(C)C. The van der Waals surface area contributed by atoms with Crippen molar-refractivity contribution in [3.63, 3.8) is 0 Å². The lowest BCUT2D eigenvalue weighted by Gasteiger charge is -2.59. The molecule has 4 aliphatic carbocycles. The molecule has 0 spiro atoms. The molecular weight excluding hydrogens is 1120 g/mol. The third kappa shape index (κ3) is 16.0. The fourth-order valence-corrected chi connectivity index (χ4v) is 14.3. The molecule has 3 N–H and O–H groups in total. The highest BCUT2D eigenvalue weighted by molar-refractivity contribution is 6.01. The van der Waals surface area contributed by atoms with Gasteiger partial charge in [0.1, 0.15) is 24.0 Å². The molecule has 3 saturated carbocycles. The van der Waals surface area contributed by atoms with Gasteiger partial charge < -0.3 is 48.9 Å². The molecule has 474 valence electrons. The molecule has 10 atom stereocenters. The highest BCUT2D eigenvalue weighted by Gasteiger charge is 2.76. The number of aliphatic hydroxyl groups excluding tert-OH is 2. The van der Waals surface area contributed by atoms with Gasteiger partial charge in [0.15, 0.2) is 23.5 Å². The van der Waals surface area contributed by atoms with Crippen LogP contribution in [0.15, 0.2) is 96.6 Å². The second-order valence-corrected chi connectivity index (χ2v) is 25.5. The van der Waals surface area contributed by atoms with Gasteiger partial charge in [-0.25, -0.2) is 0 Å². The maximum absolute atomic E-state index is 13.6. The third-order valence-electron chi connectivity index (χ3n) is 18.7. The molecule has 9 rings (SSSR count). The first-order valence-electron chi connectivity index (χ1n) is 31.5. The number of carbonyl (C=O) groups is 7. The molecule has 0 radical (unpaired) electrons. The first kappa shape index (κ1) is 67.6. The highest BCUT2D eigenvalue weighted by atomic mass is 16.7. The molecule has 4 fully saturated rings. The summed E-state index contributed by atoms with van der Waals surface area (Å²) in [5.74, 6) is 5.83. The molecule has 2 heterocycles. The maximum Gasteiger partial charge on any atom is 0.227 e. The van der Waals surface area contributed by atoms with Crippen molar-refractivity contribution in [1.82, 2.24) is 5.32 Å². The molecule has 3 aromatic rings. The molecular formula is C71H90N2O15. The lowest BCUT2D eigenvalue weighted by atomic mass is 9.46. The zero-order valence-electron chi connectivity index (χ0n) is 52.4. The van der Waals surface area contributed by atoms with E-state index in [2.05, 4.69) is 24.1 Å². The number of allylic oxidation sites excluding steroid dienone is 4. The lowest BCUT2D eigenvalue weighted by Crippen LogP contribution is -2.63. The second kappa shape index (κ2) is 30.9. The Balaban J connectivity index is 0.000000235. The van der Waals surface area contributed by atoms with Crippen molar-refractivity contribution in [2.75, 3.05) is 64.4 Å². The number of carbonyl (C=O) groups excluding carboxylic acids is 7. The second-order valence-electron chi connectivity index (χ2n) is 25.5. The van der Waals surface area contributed by atoms with Crippen LogP contribution in [0.1, 0.15) is 147 Å². The molecule has 17 heteroatoms. The molecule has 2 aliphatic heterocycles. The van der Waals surface area contributed by atoms with Crippen LogP contribution in [0.3, 0.4) is 0 Å². The molecule has 3 aromatic carbocycles. The van der Waals surface area contributed by atoms with Crippen LogP contribution in [0.5, 0.6) is 0 Å². The summed E-state index contributed by atoms with van der Waals surface area (Å²) in [4.78, 5) is 89.4. The Morgan fingerprint density at radius 2 is 1.43 bits per heavy atom. The molecule has 17 nitrogen and oxygen atoms in total. The van der Waals surface area contributed by atoms with Gasteiger partial charge in [-0.1, -0.05) is 106 Å². The number of nitrogens with one attached hydrogen (secondary N) is 1. The number of rotatable bonds is 29. The number of amides is 2. The monoisotopic (exact) mass is 1210 g/mol. The Morgan fingerprint density at radius 3 is 2.10 bits per heavy atom. The van der Waals surface area contributed by atoms with Crippen LogP contribution in [-0.2, 0) is 74.9 Å². The Labute approximate surface area is 518 Å². The van der Waals surface area contributed by atoms with Crippen molar-refractivity contribution in [3.05, 3.63) is 124 Å². The average molecular weight is 1210 g/mol. The van der Waals surface area contributed by atoms with E-state index in [1.165, 1.54) is 0 Å². The van der Waals surface area contributed by atoms with E-state index in [1.807, 2.05) is 113 Å². The number of para-hydroxylation sites is 1. The van der Waals surface area contributed by atoms with Gasteiger partial charge in [0.25, 0.3) is 0 Å². The molecule has 6 aliphatic rings. The van der Waals surface area contributed by atoms with Crippen LogP contribution in [0.2, 0.25) is 0 Å². The number of anilines is 1. The van der Waals surface area contributed by atoms with E-state index in [-0.39, 0.29) is 96.3 Å². The van der Waals surface area contributed by atoms with Crippen molar-refractivity contribution in [3.8, 4) is 11.8 Å². The molecule has 0 unspecified atom stereocenters. The summed E-state index contributed by atoms with van der Waals surface area (Å²) in [5, 5.41) is 24.7. The minimum absolute atomic E-state index is 0.00359. The summed E-state index contributed by atoms with van der Waals surface area (Å²) >= 11 is 0. The van der Waals surface area contributed by atoms with Gasteiger partial charge in [0.05, 0.1) is 70.7 Å². The van der Waals surface area contributed by atoms with Crippen molar-refractivity contribution < 1.29 is 72.2 Å². The predicted octanol–water partition coefficient (Wildman–Crippen LogP) is 8.70. The van der Waals surface area contributed by atoms with Crippen LogP contribution in [0, 0.1) is 52.3 Å². The Morgan fingerprint density at radius 1 is 0.784 bits per heavy atom. The van der Waals surface area contributed by atoms with Crippen LogP contribution >= 0.6 is 0 Å². The van der Waals surface area contributed by atoms with E-state index in [0.717, 1.165) is 51.9 Å². The van der Waals surface area contributed by atoms with Crippen LogP contribution in [0.4, 0.5) is 5.69 Å². The predicted molar refractivity (Wildman–Crippen MR) is 330 cm³/mol. The summed E-state index contributed by atoms with van der Waals surface area (Å²) < 4.78 is 35.2. The number of nitrogens with zero attached hydrogens (tertiary/aromatic N) is 1. The molecule has 0 bridgehead atoms. The number of hydrogen-bond donors (Lipinski definition) is 3. The zero-order valence-corrected chi connectivity index (χ0v) is 52.4. The summed E-state index contributed by atoms with van der Waals surface area (Å²) in [6.45, 7) is 16.4. The molecule has 0 aromatic heterocycles. The molecule has 1 saturated heterocycles. The van der Waals surface area contributed by atoms with E-state index in [9.17, 15) is 43.8 Å². The van der Waals surface area contributed by atoms with E-state index in [0.29, 0.717) is 91.5 Å². The summed E-state index contributed by atoms with van der Waals surface area (Å²) in [6, 6.07) is 22.9. The summed E-state index contributed by atoms with van der Waals surface area (Å²) in [6.07, 6.45) is 7.96. The van der Waals surface area contributed by atoms with Gasteiger partial charge in [0, 0.05) is 90.5 Å². The van der Waals surface area contributed by atoms with E-state index in [4.69, 9.17) is 28.4 Å². The summed E-state index contributed by atoms with van der Waals surface area (Å²) in [5.41, 5.74) is 3.67.